The SMILES string of the molecule is O=C(O)c1ccc(NC(=O)N2CCc3[nH]cnc3C2c2cccc(F)c2)cc1. The molecule has 3 N–H and O–H groups in total. The van der Waals surface area contributed by atoms with Gasteiger partial charge in [-0.15, -0.1) is 0 Å². The van der Waals surface area contributed by atoms with E-state index in [1.165, 1.54) is 36.4 Å². The lowest BCUT2D eigenvalue weighted by Gasteiger charge is -2.35. The molecule has 1 atom stereocenters. The number of urea groups is 1. The molecule has 0 radical (unpaired) electrons. The van der Waals surface area contributed by atoms with Crippen molar-refractivity contribution in [3.05, 3.63) is 83.2 Å². The van der Waals surface area contributed by atoms with Crippen molar-refractivity contribution in [2.24, 2.45) is 0 Å². The highest BCUT2D eigenvalue weighted by atomic mass is 19.1. The maximum atomic E-state index is 13.8. The number of aromatic carboxylic acids is 1. The summed E-state index contributed by atoms with van der Waals surface area (Å²) in [5.74, 6) is -1.42. The molecule has 2 amide bonds. The summed E-state index contributed by atoms with van der Waals surface area (Å²) in [4.78, 5) is 32.9. The van der Waals surface area contributed by atoms with Gasteiger partial charge in [0.05, 0.1) is 17.6 Å². The monoisotopic (exact) mass is 380 g/mol. The van der Waals surface area contributed by atoms with Crippen LogP contribution in [0.4, 0.5) is 14.9 Å². The van der Waals surface area contributed by atoms with Crippen LogP contribution in [-0.2, 0) is 6.42 Å². The molecule has 0 saturated heterocycles. The number of carboxylic acids is 1. The smallest absolute Gasteiger partial charge is 0.335 e. The van der Waals surface area contributed by atoms with E-state index >= 15 is 0 Å². The molecule has 8 heteroatoms. The van der Waals surface area contributed by atoms with Gasteiger partial charge in [-0.25, -0.2) is 19.0 Å². The Hall–Kier alpha value is -3.68. The second kappa shape index (κ2) is 7.15. The van der Waals surface area contributed by atoms with Gasteiger partial charge in [-0.05, 0) is 42.0 Å². The van der Waals surface area contributed by atoms with Crippen molar-refractivity contribution in [1.29, 1.82) is 0 Å². The Bertz CT molecular complexity index is 1030. The third-order valence-corrected chi connectivity index (χ3v) is 4.73. The van der Waals surface area contributed by atoms with Crippen LogP contribution in [0.1, 0.15) is 33.4 Å². The molecule has 0 bridgehead atoms. The largest absolute Gasteiger partial charge is 0.478 e. The number of carboxylic acid groups (broad SMARTS) is 1. The van der Waals surface area contributed by atoms with E-state index in [1.54, 1.807) is 23.4 Å². The van der Waals surface area contributed by atoms with Gasteiger partial charge in [-0.2, -0.15) is 0 Å². The van der Waals surface area contributed by atoms with Crippen LogP contribution in [0.15, 0.2) is 54.9 Å². The molecular formula is C20H17FN4O3. The number of imidazole rings is 1. The number of rotatable bonds is 3. The van der Waals surface area contributed by atoms with Gasteiger partial charge < -0.3 is 20.3 Å². The van der Waals surface area contributed by atoms with Gasteiger partial charge in [0.1, 0.15) is 11.9 Å². The lowest BCUT2D eigenvalue weighted by Crippen LogP contribution is -2.43. The van der Waals surface area contributed by atoms with Gasteiger partial charge in [0.2, 0.25) is 0 Å². The molecule has 1 aliphatic heterocycles. The van der Waals surface area contributed by atoms with E-state index in [4.69, 9.17) is 5.11 Å². The molecule has 3 aromatic rings. The van der Waals surface area contributed by atoms with Gasteiger partial charge in [0.15, 0.2) is 0 Å². The first-order valence-corrected chi connectivity index (χ1v) is 8.71. The first kappa shape index (κ1) is 17.7. The molecule has 2 heterocycles. The van der Waals surface area contributed by atoms with Crippen molar-refractivity contribution in [3.8, 4) is 0 Å². The van der Waals surface area contributed by atoms with Crippen molar-refractivity contribution >= 4 is 17.7 Å². The normalized spacial score (nSPS) is 15.8. The summed E-state index contributed by atoms with van der Waals surface area (Å²) < 4.78 is 13.8. The van der Waals surface area contributed by atoms with Crippen molar-refractivity contribution in [1.82, 2.24) is 14.9 Å². The highest BCUT2D eigenvalue weighted by molar-refractivity contribution is 5.92. The second-order valence-electron chi connectivity index (χ2n) is 6.48. The summed E-state index contributed by atoms with van der Waals surface area (Å²) in [6, 6.07) is 11.1. The molecule has 1 aliphatic rings. The fraction of sp³-hybridized carbons (Fsp3) is 0.150. The Labute approximate surface area is 159 Å². The third-order valence-electron chi connectivity index (χ3n) is 4.73. The zero-order valence-electron chi connectivity index (χ0n) is 14.7. The number of anilines is 1. The van der Waals surface area contributed by atoms with Crippen LogP contribution in [0.5, 0.6) is 0 Å². The topological polar surface area (TPSA) is 98.3 Å². The number of H-pyrrole nitrogens is 1. The summed E-state index contributed by atoms with van der Waals surface area (Å²) in [5, 5.41) is 11.8. The average Bonchev–Trinajstić information content (AvgIpc) is 3.16. The zero-order valence-corrected chi connectivity index (χ0v) is 14.7. The second-order valence-corrected chi connectivity index (χ2v) is 6.48. The van der Waals surface area contributed by atoms with E-state index in [9.17, 15) is 14.0 Å². The van der Waals surface area contributed by atoms with Gasteiger partial charge >= 0.3 is 12.0 Å². The van der Waals surface area contributed by atoms with E-state index in [2.05, 4.69) is 15.3 Å². The number of hydrogen-bond acceptors (Lipinski definition) is 3. The number of aromatic nitrogens is 2. The minimum absolute atomic E-state index is 0.134. The fourth-order valence-corrected chi connectivity index (χ4v) is 3.40. The van der Waals surface area contributed by atoms with Crippen molar-refractivity contribution < 1.29 is 19.1 Å². The number of amides is 2. The van der Waals surface area contributed by atoms with Crippen LogP contribution in [0, 0.1) is 5.82 Å². The molecular weight excluding hydrogens is 363 g/mol. The molecule has 0 spiro atoms. The van der Waals surface area contributed by atoms with Gasteiger partial charge in [-0.3, -0.25) is 0 Å². The summed E-state index contributed by atoms with van der Waals surface area (Å²) in [6.45, 7) is 0.426. The molecule has 0 aliphatic carbocycles. The molecule has 7 nitrogen and oxygen atoms in total. The summed E-state index contributed by atoms with van der Waals surface area (Å²) in [7, 11) is 0. The quantitative estimate of drug-likeness (QED) is 0.648. The Morgan fingerprint density at radius 2 is 2.00 bits per heavy atom. The van der Waals surface area contributed by atoms with E-state index in [1.807, 2.05) is 0 Å². The van der Waals surface area contributed by atoms with E-state index in [0.717, 1.165) is 5.69 Å². The van der Waals surface area contributed by atoms with Crippen LogP contribution in [0.25, 0.3) is 0 Å². The number of hydrogen-bond donors (Lipinski definition) is 3. The number of carbonyl (C=O) groups excluding carboxylic acids is 1. The lowest BCUT2D eigenvalue weighted by molar-refractivity contribution is 0.0697. The third kappa shape index (κ3) is 3.32. The van der Waals surface area contributed by atoms with Crippen LogP contribution in [0.2, 0.25) is 0 Å². The standard InChI is InChI=1S/C20H17FN4O3/c21-14-3-1-2-13(10-14)18-17-16(22-11-23-17)8-9-25(18)20(28)24-15-6-4-12(5-7-15)19(26)27/h1-7,10-11,18H,8-9H2,(H,22,23)(H,24,28)(H,26,27). The van der Waals surface area contributed by atoms with E-state index < -0.39 is 12.0 Å². The van der Waals surface area contributed by atoms with Crippen LogP contribution < -0.4 is 5.32 Å². The van der Waals surface area contributed by atoms with E-state index in [-0.39, 0.29) is 17.4 Å². The molecule has 2 aromatic carbocycles. The van der Waals surface area contributed by atoms with Gasteiger partial charge in [0, 0.05) is 24.3 Å². The summed E-state index contributed by atoms with van der Waals surface area (Å²) in [6.07, 6.45) is 2.18. The van der Waals surface area contributed by atoms with Gasteiger partial charge in [-0.1, -0.05) is 12.1 Å². The number of nitrogens with one attached hydrogen (secondary N) is 2. The zero-order chi connectivity index (χ0) is 19.7. The number of benzene rings is 2. The Kier molecular flexibility index (Phi) is 4.52. The molecule has 142 valence electrons. The Balaban J connectivity index is 1.63. The molecule has 0 saturated carbocycles. The number of nitrogens with zero attached hydrogens (tertiary/aromatic N) is 2. The minimum Gasteiger partial charge on any atom is -0.478 e. The average molecular weight is 380 g/mol. The number of fused-ring (bicyclic) bond motifs is 1. The van der Waals surface area contributed by atoms with Crippen LogP contribution >= 0.6 is 0 Å². The highest BCUT2D eigenvalue weighted by Gasteiger charge is 2.34. The van der Waals surface area contributed by atoms with Crippen molar-refractivity contribution in [2.75, 3.05) is 11.9 Å². The molecule has 0 fully saturated rings. The van der Waals surface area contributed by atoms with Crippen LogP contribution in [-0.4, -0.2) is 38.5 Å². The number of halogens is 1. The van der Waals surface area contributed by atoms with E-state index in [0.29, 0.717) is 29.9 Å². The van der Waals surface area contributed by atoms with Crippen molar-refractivity contribution in [2.45, 2.75) is 12.5 Å². The number of carbonyl (C=O) groups is 2. The molecule has 28 heavy (non-hydrogen) atoms. The van der Waals surface area contributed by atoms with Crippen LogP contribution in [0.3, 0.4) is 0 Å². The summed E-state index contributed by atoms with van der Waals surface area (Å²) in [5.41, 5.74) is 2.84. The predicted octanol–water partition coefficient (Wildman–Crippen LogP) is 3.43. The fourth-order valence-electron chi connectivity index (χ4n) is 3.40. The predicted molar refractivity (Wildman–Crippen MR) is 99.7 cm³/mol. The van der Waals surface area contributed by atoms with Gasteiger partial charge in [0.25, 0.3) is 0 Å². The maximum Gasteiger partial charge on any atom is 0.335 e. The molecule has 1 aromatic heterocycles. The molecule has 1 unspecified atom stereocenters. The Morgan fingerprint density at radius 3 is 2.71 bits per heavy atom. The first-order valence-electron chi connectivity index (χ1n) is 8.71. The number of aromatic amines is 1. The Morgan fingerprint density at radius 1 is 1.21 bits per heavy atom. The molecule has 4 rings (SSSR count). The highest BCUT2D eigenvalue weighted by Crippen LogP contribution is 2.34. The lowest BCUT2D eigenvalue weighted by atomic mass is 9.96. The maximum absolute atomic E-state index is 13.8. The first-order chi connectivity index (χ1) is 13.5. The van der Waals surface area contributed by atoms with Crippen molar-refractivity contribution in [3.63, 3.8) is 0 Å². The summed E-state index contributed by atoms with van der Waals surface area (Å²) >= 11 is 0. The minimum atomic E-state index is -1.04.